The summed E-state index contributed by atoms with van der Waals surface area (Å²) in [6.07, 6.45) is 0.665. The number of rotatable bonds is 11. The average Bonchev–Trinajstić information content (AvgIpc) is 3.31. The van der Waals surface area contributed by atoms with Crippen LogP contribution in [-0.4, -0.2) is 0 Å². The molecule has 0 bridgehead atoms. The molecule has 0 heterocycles. The predicted octanol–water partition coefficient (Wildman–Crippen LogP) is 13.0. The minimum absolute atomic E-state index is 0.610. The number of aryl methyl sites for hydroxylation is 1. The highest BCUT2D eigenvalue weighted by Crippen LogP contribution is 2.48. The van der Waals surface area contributed by atoms with Crippen molar-refractivity contribution in [3.63, 3.8) is 0 Å². The van der Waals surface area contributed by atoms with E-state index in [1.54, 1.807) is 0 Å². The normalized spacial score (nSPS) is 12.4. The number of nitrogen functional groups attached to an aromatic ring is 3. The van der Waals surface area contributed by atoms with E-state index in [4.69, 9.17) is 17.2 Å². The molecule has 0 amide bonds. The highest BCUT2D eigenvalue weighted by Gasteiger charge is 2.40. The first-order valence-corrected chi connectivity index (χ1v) is 20.9. The molecule has 0 aromatic heterocycles. The fourth-order valence-corrected chi connectivity index (χ4v) is 9.31. The zero-order valence-electron chi connectivity index (χ0n) is 34.4. The van der Waals surface area contributed by atoms with Crippen LogP contribution in [0, 0.1) is 6.92 Å². The maximum Gasteiger partial charge on any atom is 0.0701 e. The van der Waals surface area contributed by atoms with Gasteiger partial charge in [-0.15, -0.1) is 0 Å². The van der Waals surface area contributed by atoms with Crippen LogP contribution in [0.5, 0.6) is 0 Å². The summed E-state index contributed by atoms with van der Waals surface area (Å²) in [6.45, 7) is 2.14. The van der Waals surface area contributed by atoms with E-state index < -0.39 is 10.8 Å². The SMILES string of the molecule is Cc1ccc(C(c2ccccc2)(c2ccc(N)cc2)c2ccc(CC(c3ccccc3)(c3ccc(N)c(-c4ccccc4)c3)c3ccc(N)c(-c4ccccc4)c3)cc2)cc1. The molecule has 0 aliphatic heterocycles. The van der Waals surface area contributed by atoms with E-state index in [0.29, 0.717) is 6.42 Å². The van der Waals surface area contributed by atoms with Gasteiger partial charge in [-0.1, -0.05) is 200 Å². The Morgan fingerprint density at radius 2 is 0.705 bits per heavy atom. The van der Waals surface area contributed by atoms with Crippen LogP contribution in [0.3, 0.4) is 0 Å². The Morgan fingerprint density at radius 3 is 1.16 bits per heavy atom. The summed E-state index contributed by atoms with van der Waals surface area (Å²) in [4.78, 5) is 0. The Kier molecular flexibility index (Phi) is 10.6. The molecular weight excluding hydrogens is 739 g/mol. The first kappa shape index (κ1) is 38.9. The van der Waals surface area contributed by atoms with Crippen molar-refractivity contribution >= 4 is 17.1 Å². The van der Waals surface area contributed by atoms with Crippen LogP contribution in [0.1, 0.15) is 50.1 Å². The Balaban J connectivity index is 1.28. The molecule has 0 saturated carbocycles. The number of nitrogens with two attached hydrogens (primary N) is 3. The largest absolute Gasteiger partial charge is 0.399 e. The Hall–Kier alpha value is -7.62. The van der Waals surface area contributed by atoms with Crippen molar-refractivity contribution in [2.75, 3.05) is 17.2 Å². The second-order valence-corrected chi connectivity index (χ2v) is 16.1. The van der Waals surface area contributed by atoms with Crippen molar-refractivity contribution in [2.45, 2.75) is 24.2 Å². The fraction of sp³-hybridized carbons (Fsp3) is 0.0690. The van der Waals surface area contributed by atoms with E-state index >= 15 is 0 Å². The van der Waals surface area contributed by atoms with E-state index in [1.807, 2.05) is 24.3 Å². The maximum absolute atomic E-state index is 6.81. The second-order valence-electron chi connectivity index (χ2n) is 16.1. The third-order valence-electron chi connectivity index (χ3n) is 12.4. The molecular formula is C58H49N3. The van der Waals surface area contributed by atoms with Gasteiger partial charge in [0.2, 0.25) is 0 Å². The standard InChI is InChI=1S/C58H49N3/c1-41-22-26-47(27-23-41)58(46-20-12-5-13-21-46,49-30-34-52(59)35-31-49)48-28-24-42(25-29-48)40-57(45-18-10-4-11-19-45,50-32-36-55(60)53(38-50)43-14-6-2-7-15-43)51-33-37-56(61)54(39-51)44-16-8-3-9-17-44/h2-39H,40,59-61H2,1H3. The highest BCUT2D eigenvalue weighted by molar-refractivity contribution is 5.80. The topological polar surface area (TPSA) is 78.1 Å². The predicted molar refractivity (Wildman–Crippen MR) is 257 cm³/mol. The van der Waals surface area contributed by atoms with E-state index in [-0.39, 0.29) is 0 Å². The number of benzene rings is 9. The van der Waals surface area contributed by atoms with Crippen LogP contribution < -0.4 is 17.2 Å². The lowest BCUT2D eigenvalue weighted by molar-refractivity contribution is 0.613. The van der Waals surface area contributed by atoms with Gasteiger partial charge >= 0.3 is 0 Å². The number of anilines is 3. The Labute approximate surface area is 359 Å². The molecule has 3 heteroatoms. The van der Waals surface area contributed by atoms with Crippen LogP contribution in [0.4, 0.5) is 17.1 Å². The fourth-order valence-electron chi connectivity index (χ4n) is 9.31. The lowest BCUT2D eigenvalue weighted by atomic mass is 9.64. The van der Waals surface area contributed by atoms with Gasteiger partial charge in [0.15, 0.2) is 0 Å². The van der Waals surface area contributed by atoms with Gasteiger partial charge in [0, 0.05) is 33.6 Å². The maximum atomic E-state index is 6.81. The minimum Gasteiger partial charge on any atom is -0.399 e. The van der Waals surface area contributed by atoms with Crippen molar-refractivity contribution < 1.29 is 0 Å². The van der Waals surface area contributed by atoms with Crippen LogP contribution in [0.25, 0.3) is 22.3 Å². The molecule has 0 saturated heterocycles. The quantitative estimate of drug-likeness (QED) is 0.0902. The minimum atomic E-state index is -0.651. The summed E-state index contributed by atoms with van der Waals surface area (Å²) >= 11 is 0. The van der Waals surface area contributed by atoms with Crippen molar-refractivity contribution in [3.05, 3.63) is 281 Å². The van der Waals surface area contributed by atoms with Crippen LogP contribution >= 0.6 is 0 Å². The van der Waals surface area contributed by atoms with Gasteiger partial charge < -0.3 is 17.2 Å². The van der Waals surface area contributed by atoms with Crippen molar-refractivity contribution in [1.82, 2.24) is 0 Å². The lowest BCUT2D eigenvalue weighted by Crippen LogP contribution is -2.33. The van der Waals surface area contributed by atoms with Crippen LogP contribution in [0.2, 0.25) is 0 Å². The third kappa shape index (κ3) is 7.25. The van der Waals surface area contributed by atoms with Gasteiger partial charge in [-0.25, -0.2) is 0 Å². The van der Waals surface area contributed by atoms with E-state index in [0.717, 1.165) is 56.0 Å². The van der Waals surface area contributed by atoms with Crippen LogP contribution in [-0.2, 0) is 17.3 Å². The van der Waals surface area contributed by atoms with Gasteiger partial charge in [0.1, 0.15) is 0 Å². The van der Waals surface area contributed by atoms with Gasteiger partial charge in [-0.3, -0.25) is 0 Å². The first-order valence-electron chi connectivity index (χ1n) is 20.9. The van der Waals surface area contributed by atoms with Crippen molar-refractivity contribution in [3.8, 4) is 22.3 Å². The van der Waals surface area contributed by atoms with Gasteiger partial charge in [0.05, 0.1) is 5.41 Å². The molecule has 0 aliphatic rings. The highest BCUT2D eigenvalue weighted by atomic mass is 14.6. The van der Waals surface area contributed by atoms with E-state index in [2.05, 4.69) is 213 Å². The van der Waals surface area contributed by atoms with Gasteiger partial charge in [-0.05, 0) is 105 Å². The molecule has 6 N–H and O–H groups in total. The summed E-state index contributed by atoms with van der Waals surface area (Å²) in [5, 5.41) is 0. The first-order chi connectivity index (χ1) is 29.9. The summed E-state index contributed by atoms with van der Waals surface area (Å²) in [5.74, 6) is 0. The molecule has 61 heavy (non-hydrogen) atoms. The molecule has 296 valence electrons. The summed E-state index contributed by atoms with van der Waals surface area (Å²) in [7, 11) is 0. The Morgan fingerprint density at radius 1 is 0.344 bits per heavy atom. The molecule has 9 aromatic carbocycles. The summed E-state index contributed by atoms with van der Waals surface area (Å²) in [5.41, 5.74) is 35.6. The van der Waals surface area contributed by atoms with Gasteiger partial charge in [0.25, 0.3) is 0 Å². The zero-order chi connectivity index (χ0) is 41.8. The molecule has 0 aliphatic carbocycles. The van der Waals surface area contributed by atoms with E-state index in [1.165, 1.54) is 33.4 Å². The molecule has 3 nitrogen and oxygen atoms in total. The molecule has 0 spiro atoms. The molecule has 0 fully saturated rings. The summed E-state index contributed by atoms with van der Waals surface area (Å²) in [6, 6.07) is 82.3. The van der Waals surface area contributed by atoms with Crippen molar-refractivity contribution in [2.24, 2.45) is 0 Å². The molecule has 9 rings (SSSR count). The smallest absolute Gasteiger partial charge is 0.0701 e. The molecule has 0 radical (unpaired) electrons. The summed E-state index contributed by atoms with van der Waals surface area (Å²) < 4.78 is 0. The van der Waals surface area contributed by atoms with E-state index in [9.17, 15) is 0 Å². The molecule has 9 aromatic rings. The lowest BCUT2D eigenvalue weighted by Gasteiger charge is -2.38. The van der Waals surface area contributed by atoms with Crippen LogP contribution in [0.15, 0.2) is 231 Å². The zero-order valence-corrected chi connectivity index (χ0v) is 34.4. The molecule has 1 atom stereocenters. The number of hydrogen-bond acceptors (Lipinski definition) is 3. The van der Waals surface area contributed by atoms with Gasteiger partial charge in [-0.2, -0.15) is 0 Å². The Bertz CT molecular complexity index is 2740. The third-order valence-corrected chi connectivity index (χ3v) is 12.4. The number of hydrogen-bond donors (Lipinski definition) is 3. The monoisotopic (exact) mass is 787 g/mol. The van der Waals surface area contributed by atoms with Crippen molar-refractivity contribution in [1.29, 1.82) is 0 Å². The second kappa shape index (κ2) is 16.6. The molecule has 1 unspecified atom stereocenters. The average molecular weight is 788 g/mol.